The molecule has 0 saturated carbocycles. The molecule has 4 N–H and O–H groups in total. The Morgan fingerprint density at radius 1 is 1.36 bits per heavy atom. The molecule has 0 aromatic heterocycles. The molecular formula is C23H37ClN4O5. The third-order valence-electron chi connectivity index (χ3n) is 5.54. The maximum atomic E-state index is 12.5. The first-order valence-corrected chi connectivity index (χ1v) is 11.8. The Morgan fingerprint density at radius 3 is 2.88 bits per heavy atom. The Bertz CT molecular complexity index is 733. The van der Waals surface area contributed by atoms with Crippen molar-refractivity contribution in [1.29, 1.82) is 0 Å². The number of nitrogens with zero attached hydrogens (tertiary/aromatic N) is 1. The van der Waals surface area contributed by atoms with Crippen LogP contribution < -0.4 is 16.4 Å². The number of carbonyl (C=O) groups is 2. The minimum atomic E-state index is -0.511. The minimum Gasteiger partial charge on any atom is -0.447 e. The van der Waals surface area contributed by atoms with Gasteiger partial charge in [-0.05, 0) is 49.3 Å². The number of carbonyl (C=O) groups excluding carboxylic acids is 2. The molecule has 1 heterocycles. The highest BCUT2D eigenvalue weighted by molar-refractivity contribution is 6.30. The average molecular weight is 485 g/mol. The van der Waals surface area contributed by atoms with E-state index in [0.717, 1.165) is 38.0 Å². The number of amides is 3. The molecule has 9 nitrogen and oxygen atoms in total. The zero-order chi connectivity index (χ0) is 24.1. The number of urea groups is 1. The number of ether oxygens (including phenoxy) is 3. The molecule has 10 heteroatoms. The molecule has 0 spiro atoms. The van der Waals surface area contributed by atoms with Crippen LogP contribution in [0.2, 0.25) is 5.02 Å². The predicted molar refractivity (Wildman–Crippen MR) is 127 cm³/mol. The summed E-state index contributed by atoms with van der Waals surface area (Å²) in [6, 6.07) is 7.11. The summed E-state index contributed by atoms with van der Waals surface area (Å²) < 4.78 is 16.4. The van der Waals surface area contributed by atoms with E-state index in [0.29, 0.717) is 30.5 Å². The minimum absolute atomic E-state index is 0.100. The fraction of sp³-hybridized carbons (Fsp3) is 0.652. The van der Waals surface area contributed by atoms with Crippen molar-refractivity contribution in [1.82, 2.24) is 15.5 Å². The normalized spacial score (nSPS) is 17.6. The molecular weight excluding hydrogens is 448 g/mol. The maximum absolute atomic E-state index is 12.5. The van der Waals surface area contributed by atoms with E-state index in [4.69, 9.17) is 31.5 Å². The number of alkyl carbamates (subject to hydrolysis) is 1. The lowest BCUT2D eigenvalue weighted by molar-refractivity contribution is 0.0144. The summed E-state index contributed by atoms with van der Waals surface area (Å²) >= 11 is 6.14. The van der Waals surface area contributed by atoms with Crippen LogP contribution in [0.15, 0.2) is 24.3 Å². The fourth-order valence-corrected chi connectivity index (χ4v) is 3.92. The van der Waals surface area contributed by atoms with Crippen LogP contribution in [-0.2, 0) is 14.2 Å². The first-order valence-electron chi connectivity index (χ1n) is 11.4. The molecule has 33 heavy (non-hydrogen) atoms. The van der Waals surface area contributed by atoms with Crippen LogP contribution in [0.1, 0.15) is 37.4 Å². The van der Waals surface area contributed by atoms with Crippen molar-refractivity contribution in [2.24, 2.45) is 11.7 Å². The van der Waals surface area contributed by atoms with Crippen molar-refractivity contribution in [3.8, 4) is 0 Å². The van der Waals surface area contributed by atoms with E-state index >= 15 is 0 Å². The van der Waals surface area contributed by atoms with Gasteiger partial charge in [0.05, 0.1) is 12.7 Å². The molecule has 1 aliphatic heterocycles. The molecule has 186 valence electrons. The Labute approximate surface area is 201 Å². The van der Waals surface area contributed by atoms with E-state index in [9.17, 15) is 9.59 Å². The highest BCUT2D eigenvalue weighted by Gasteiger charge is 2.19. The summed E-state index contributed by atoms with van der Waals surface area (Å²) in [6.07, 6.45) is 2.77. The number of hydrogen-bond acceptors (Lipinski definition) is 6. The number of benzene rings is 1. The van der Waals surface area contributed by atoms with E-state index in [-0.39, 0.29) is 31.4 Å². The number of rotatable bonds is 12. The summed E-state index contributed by atoms with van der Waals surface area (Å²) in [5.74, 6) is 0.464. The lowest BCUT2D eigenvalue weighted by atomic mass is 9.95. The molecule has 2 rings (SSSR count). The fourth-order valence-electron chi connectivity index (χ4n) is 3.72. The Morgan fingerprint density at radius 2 is 2.18 bits per heavy atom. The summed E-state index contributed by atoms with van der Waals surface area (Å²) in [7, 11) is 3.23. The van der Waals surface area contributed by atoms with Gasteiger partial charge in [-0.15, -0.1) is 0 Å². The predicted octanol–water partition coefficient (Wildman–Crippen LogP) is 2.93. The molecule has 1 aliphatic rings. The topological polar surface area (TPSA) is 115 Å². The Kier molecular flexibility index (Phi) is 12.3. The van der Waals surface area contributed by atoms with Crippen molar-refractivity contribution in [3.63, 3.8) is 0 Å². The van der Waals surface area contributed by atoms with Crippen molar-refractivity contribution in [3.05, 3.63) is 34.9 Å². The molecule has 1 fully saturated rings. The molecule has 0 radical (unpaired) electrons. The maximum Gasteiger partial charge on any atom is 0.406 e. The molecule has 3 amide bonds. The van der Waals surface area contributed by atoms with Crippen molar-refractivity contribution >= 4 is 23.7 Å². The highest BCUT2D eigenvalue weighted by Crippen LogP contribution is 2.24. The van der Waals surface area contributed by atoms with Crippen LogP contribution in [-0.4, -0.2) is 76.7 Å². The standard InChI is InChI=1S/C23H37ClN4O5/c1-26-23(30)33-12-11-32-21(18-6-3-7-19(24)14-18)8-9-28(2)22(29)27-15-20(25)13-17-5-4-10-31-16-17/h3,6-7,14,17,20-21H,4-5,8-13,15-16,25H2,1-2H3,(H,26,30)(H,27,29)/t17-,20-,21+/m0/s1. The van der Waals surface area contributed by atoms with E-state index in [2.05, 4.69) is 10.6 Å². The van der Waals surface area contributed by atoms with Gasteiger partial charge < -0.3 is 35.5 Å². The highest BCUT2D eigenvalue weighted by atomic mass is 35.5. The lowest BCUT2D eigenvalue weighted by Crippen LogP contribution is -2.44. The lowest BCUT2D eigenvalue weighted by Gasteiger charge is -2.26. The van der Waals surface area contributed by atoms with Gasteiger partial charge in [-0.2, -0.15) is 0 Å². The smallest absolute Gasteiger partial charge is 0.406 e. The van der Waals surface area contributed by atoms with E-state index in [1.54, 1.807) is 18.0 Å². The van der Waals surface area contributed by atoms with Gasteiger partial charge in [-0.25, -0.2) is 9.59 Å². The van der Waals surface area contributed by atoms with Crippen LogP contribution in [0.3, 0.4) is 0 Å². The SMILES string of the molecule is CNC(=O)OCCO[C@H](CCN(C)C(=O)NC[C@@H](N)C[C@@H]1CCCOC1)c1cccc(Cl)c1. The summed E-state index contributed by atoms with van der Waals surface area (Å²) in [5.41, 5.74) is 7.10. The zero-order valence-electron chi connectivity index (χ0n) is 19.6. The van der Waals surface area contributed by atoms with Crippen LogP contribution in [0.4, 0.5) is 9.59 Å². The van der Waals surface area contributed by atoms with Gasteiger partial charge in [0.2, 0.25) is 0 Å². The molecule has 0 bridgehead atoms. The van der Waals surface area contributed by atoms with Gasteiger partial charge in [-0.1, -0.05) is 23.7 Å². The van der Waals surface area contributed by atoms with Gasteiger partial charge in [-0.3, -0.25) is 0 Å². The second-order valence-corrected chi connectivity index (χ2v) is 8.71. The van der Waals surface area contributed by atoms with E-state index in [1.807, 2.05) is 18.2 Å². The molecule has 0 aliphatic carbocycles. The number of nitrogens with one attached hydrogen (secondary N) is 2. The van der Waals surface area contributed by atoms with Gasteiger partial charge in [0.15, 0.2) is 0 Å². The van der Waals surface area contributed by atoms with Crippen LogP contribution in [0.25, 0.3) is 0 Å². The molecule has 0 unspecified atom stereocenters. The van der Waals surface area contributed by atoms with Crippen LogP contribution in [0.5, 0.6) is 0 Å². The summed E-state index contributed by atoms with van der Waals surface area (Å²) in [4.78, 5) is 25.3. The Balaban J connectivity index is 1.79. The molecule has 1 aromatic rings. The molecule has 1 aromatic carbocycles. The molecule has 3 atom stereocenters. The van der Waals surface area contributed by atoms with Crippen molar-refractivity contribution in [2.75, 3.05) is 53.6 Å². The average Bonchev–Trinajstić information content (AvgIpc) is 2.82. The summed E-state index contributed by atoms with van der Waals surface area (Å²) in [5, 5.41) is 5.90. The van der Waals surface area contributed by atoms with Gasteiger partial charge >= 0.3 is 12.1 Å². The largest absolute Gasteiger partial charge is 0.447 e. The van der Waals surface area contributed by atoms with Gasteiger partial charge in [0.25, 0.3) is 0 Å². The van der Waals surface area contributed by atoms with Crippen molar-refractivity contribution < 1.29 is 23.8 Å². The van der Waals surface area contributed by atoms with Gasteiger partial charge in [0.1, 0.15) is 6.61 Å². The van der Waals surface area contributed by atoms with Gasteiger partial charge in [0, 0.05) is 51.5 Å². The third kappa shape index (κ3) is 10.6. The first-order chi connectivity index (χ1) is 15.9. The zero-order valence-corrected chi connectivity index (χ0v) is 20.3. The molecule has 1 saturated heterocycles. The quantitative estimate of drug-likeness (QED) is 0.393. The number of nitrogens with two attached hydrogens (primary N) is 1. The van der Waals surface area contributed by atoms with Crippen LogP contribution >= 0.6 is 11.6 Å². The van der Waals surface area contributed by atoms with Crippen molar-refractivity contribution in [2.45, 2.75) is 37.8 Å². The van der Waals surface area contributed by atoms with E-state index < -0.39 is 6.09 Å². The summed E-state index contributed by atoms with van der Waals surface area (Å²) in [6.45, 7) is 2.81. The van der Waals surface area contributed by atoms with E-state index in [1.165, 1.54) is 7.05 Å². The Hall–Kier alpha value is -2.07. The first kappa shape index (κ1) is 27.2. The third-order valence-corrected chi connectivity index (χ3v) is 5.77. The second kappa shape index (κ2) is 15.0. The monoisotopic (exact) mass is 484 g/mol. The van der Waals surface area contributed by atoms with Crippen LogP contribution in [0, 0.1) is 5.92 Å². The number of halogens is 1. The second-order valence-electron chi connectivity index (χ2n) is 8.28. The number of hydrogen-bond donors (Lipinski definition) is 3.